The first-order valence-corrected chi connectivity index (χ1v) is 6.70. The van der Waals surface area contributed by atoms with Crippen molar-refractivity contribution < 1.29 is 19.1 Å². The quantitative estimate of drug-likeness (QED) is 0.617. The summed E-state index contributed by atoms with van der Waals surface area (Å²) in [6, 6.07) is 5.11. The molecule has 110 valence electrons. The number of hydrogen-bond acceptors (Lipinski definition) is 6. The van der Waals surface area contributed by atoms with E-state index in [1.165, 1.54) is 6.33 Å². The molecule has 0 aliphatic carbocycles. The van der Waals surface area contributed by atoms with E-state index >= 15 is 0 Å². The van der Waals surface area contributed by atoms with Crippen LogP contribution in [0.4, 0.5) is 0 Å². The minimum Gasteiger partial charge on any atom is -0.465 e. The van der Waals surface area contributed by atoms with Gasteiger partial charge in [0.05, 0.1) is 18.7 Å². The van der Waals surface area contributed by atoms with Crippen molar-refractivity contribution in [2.24, 2.45) is 0 Å². The molecule has 0 fully saturated rings. The molecule has 21 heavy (non-hydrogen) atoms. The third-order valence-corrected chi connectivity index (χ3v) is 2.91. The van der Waals surface area contributed by atoms with Crippen LogP contribution in [0.2, 0.25) is 0 Å². The maximum atomic E-state index is 12.0. The molecule has 0 N–H and O–H groups in total. The van der Waals surface area contributed by atoms with E-state index in [1.807, 2.05) is 0 Å². The molecule has 0 saturated heterocycles. The highest BCUT2D eigenvalue weighted by Gasteiger charge is 2.31. The van der Waals surface area contributed by atoms with E-state index in [0.717, 1.165) is 10.9 Å². The molecule has 6 heteroatoms. The van der Waals surface area contributed by atoms with Crippen LogP contribution in [0.5, 0.6) is 0 Å². The van der Waals surface area contributed by atoms with E-state index in [-0.39, 0.29) is 13.2 Å². The summed E-state index contributed by atoms with van der Waals surface area (Å²) in [6.07, 6.45) is 3.06. The molecule has 1 aromatic heterocycles. The Morgan fingerprint density at radius 3 is 2.43 bits per heavy atom. The van der Waals surface area contributed by atoms with Gasteiger partial charge in [-0.25, -0.2) is 9.97 Å². The van der Waals surface area contributed by atoms with Gasteiger partial charge in [0, 0.05) is 11.6 Å². The molecule has 2 aromatic rings. The predicted octanol–water partition coefficient (Wildman–Crippen LogP) is 1.84. The second-order valence-corrected chi connectivity index (χ2v) is 4.28. The Kier molecular flexibility index (Phi) is 4.81. The summed E-state index contributed by atoms with van der Waals surface area (Å²) in [5, 5.41) is 0.744. The van der Waals surface area contributed by atoms with Crippen LogP contribution in [-0.2, 0) is 19.1 Å². The van der Waals surface area contributed by atoms with Crippen molar-refractivity contribution in [1.82, 2.24) is 9.97 Å². The topological polar surface area (TPSA) is 78.4 Å². The largest absolute Gasteiger partial charge is 0.465 e. The molecule has 0 atom stereocenters. The molecule has 0 radical (unpaired) electrons. The fourth-order valence-corrected chi connectivity index (χ4v) is 2.00. The van der Waals surface area contributed by atoms with Gasteiger partial charge in [-0.15, -0.1) is 0 Å². The van der Waals surface area contributed by atoms with Crippen molar-refractivity contribution in [2.45, 2.75) is 19.8 Å². The van der Waals surface area contributed by atoms with E-state index in [4.69, 9.17) is 9.47 Å². The number of rotatable bonds is 5. The first-order chi connectivity index (χ1) is 10.2. The Hall–Kier alpha value is -2.50. The van der Waals surface area contributed by atoms with Crippen LogP contribution >= 0.6 is 0 Å². The van der Waals surface area contributed by atoms with Gasteiger partial charge in [-0.05, 0) is 31.5 Å². The lowest BCUT2D eigenvalue weighted by Gasteiger charge is -2.15. The van der Waals surface area contributed by atoms with Crippen molar-refractivity contribution in [2.75, 3.05) is 13.2 Å². The van der Waals surface area contributed by atoms with Gasteiger partial charge in [-0.1, -0.05) is 6.07 Å². The summed E-state index contributed by atoms with van der Waals surface area (Å²) >= 11 is 0. The molecule has 2 rings (SSSR count). The number of carbonyl (C=O) groups excluding carboxylic acids is 2. The number of aromatic nitrogens is 2. The third kappa shape index (κ3) is 3.34. The molecule has 0 amide bonds. The van der Waals surface area contributed by atoms with Crippen LogP contribution in [-0.4, -0.2) is 35.1 Å². The molecule has 1 heterocycles. The lowest BCUT2D eigenvalue weighted by molar-refractivity contribution is -0.156. The highest BCUT2D eigenvalue weighted by molar-refractivity contribution is 6.01. The Bertz CT molecular complexity index is 639. The van der Waals surface area contributed by atoms with Gasteiger partial charge >= 0.3 is 11.9 Å². The molecule has 1 aromatic carbocycles. The maximum absolute atomic E-state index is 12.0. The van der Waals surface area contributed by atoms with Gasteiger partial charge in [-0.2, -0.15) is 0 Å². The summed E-state index contributed by atoms with van der Waals surface area (Å²) in [5.74, 6) is -2.33. The lowest BCUT2D eigenvalue weighted by atomic mass is 9.98. The van der Waals surface area contributed by atoms with E-state index in [9.17, 15) is 9.59 Å². The molecule has 0 aliphatic heterocycles. The second kappa shape index (κ2) is 6.78. The Morgan fingerprint density at radius 1 is 1.14 bits per heavy atom. The monoisotopic (exact) mass is 288 g/mol. The van der Waals surface area contributed by atoms with Gasteiger partial charge in [0.15, 0.2) is 5.92 Å². The normalized spacial score (nSPS) is 10.6. The minimum atomic E-state index is -1.09. The minimum absolute atomic E-state index is 0.200. The number of fused-ring (bicyclic) bond motifs is 1. The van der Waals surface area contributed by atoms with Crippen molar-refractivity contribution in [3.63, 3.8) is 0 Å². The number of benzene rings is 1. The summed E-state index contributed by atoms with van der Waals surface area (Å²) in [6.45, 7) is 3.78. The number of hydrogen-bond donors (Lipinski definition) is 0. The number of ether oxygens (including phenoxy) is 2. The van der Waals surface area contributed by atoms with Crippen LogP contribution in [0.15, 0.2) is 30.7 Å². The Morgan fingerprint density at radius 2 is 1.81 bits per heavy atom. The number of carbonyl (C=O) groups is 2. The average molecular weight is 288 g/mol. The smallest absolute Gasteiger partial charge is 0.324 e. The van der Waals surface area contributed by atoms with Gasteiger partial charge < -0.3 is 9.47 Å². The molecule has 0 bridgehead atoms. The van der Waals surface area contributed by atoms with Crippen LogP contribution < -0.4 is 0 Å². The highest BCUT2D eigenvalue weighted by atomic mass is 16.6. The molecule has 0 spiro atoms. The standard InChI is InChI=1S/C15H16N2O4/c1-3-20-14(18)13(15(19)21-4-2)10-5-6-12-11(7-10)8-16-9-17-12/h5-9,13H,3-4H2,1-2H3. The second-order valence-electron chi connectivity index (χ2n) is 4.28. The Balaban J connectivity index is 2.41. The summed E-state index contributed by atoms with van der Waals surface area (Å²) < 4.78 is 9.93. The van der Waals surface area contributed by atoms with E-state index in [2.05, 4.69) is 9.97 Å². The van der Waals surface area contributed by atoms with Crippen molar-refractivity contribution >= 4 is 22.8 Å². The number of nitrogens with zero attached hydrogens (tertiary/aromatic N) is 2. The maximum Gasteiger partial charge on any atom is 0.324 e. The van der Waals surface area contributed by atoms with Crippen molar-refractivity contribution in [3.8, 4) is 0 Å². The van der Waals surface area contributed by atoms with E-state index in [1.54, 1.807) is 38.2 Å². The molecule has 6 nitrogen and oxygen atoms in total. The molecule has 0 saturated carbocycles. The molecule has 0 aliphatic rings. The van der Waals surface area contributed by atoms with Crippen LogP contribution in [0.1, 0.15) is 25.3 Å². The van der Waals surface area contributed by atoms with Gasteiger partial charge in [0.1, 0.15) is 6.33 Å². The van der Waals surface area contributed by atoms with Crippen LogP contribution in [0, 0.1) is 0 Å². The molecular weight excluding hydrogens is 272 g/mol. The summed E-state index contributed by atoms with van der Waals surface area (Å²) in [4.78, 5) is 32.1. The van der Waals surface area contributed by atoms with Crippen LogP contribution in [0.25, 0.3) is 10.9 Å². The van der Waals surface area contributed by atoms with Crippen molar-refractivity contribution in [1.29, 1.82) is 0 Å². The SMILES string of the molecule is CCOC(=O)C(C(=O)OCC)c1ccc2ncncc2c1. The van der Waals surface area contributed by atoms with Crippen molar-refractivity contribution in [3.05, 3.63) is 36.3 Å². The van der Waals surface area contributed by atoms with Gasteiger partial charge in [-0.3, -0.25) is 9.59 Å². The predicted molar refractivity (Wildman–Crippen MR) is 75.5 cm³/mol. The van der Waals surface area contributed by atoms with E-state index < -0.39 is 17.9 Å². The lowest BCUT2D eigenvalue weighted by Crippen LogP contribution is -2.26. The summed E-state index contributed by atoms with van der Waals surface area (Å²) in [5.41, 5.74) is 1.24. The highest BCUT2D eigenvalue weighted by Crippen LogP contribution is 2.23. The first kappa shape index (κ1) is 14.9. The zero-order valence-corrected chi connectivity index (χ0v) is 11.9. The number of esters is 2. The average Bonchev–Trinajstić information content (AvgIpc) is 2.48. The summed E-state index contributed by atoms with van der Waals surface area (Å²) in [7, 11) is 0. The zero-order chi connectivity index (χ0) is 15.2. The Labute approximate surface area is 122 Å². The fourth-order valence-electron chi connectivity index (χ4n) is 2.00. The molecule has 0 unspecified atom stereocenters. The van der Waals surface area contributed by atoms with Gasteiger partial charge in [0.25, 0.3) is 0 Å². The van der Waals surface area contributed by atoms with Crippen LogP contribution in [0.3, 0.4) is 0 Å². The van der Waals surface area contributed by atoms with E-state index in [0.29, 0.717) is 5.56 Å². The molecular formula is C15H16N2O4. The zero-order valence-electron chi connectivity index (χ0n) is 11.9. The first-order valence-electron chi connectivity index (χ1n) is 6.70. The third-order valence-electron chi connectivity index (χ3n) is 2.91. The fraction of sp³-hybridized carbons (Fsp3) is 0.333. The van der Waals surface area contributed by atoms with Gasteiger partial charge in [0.2, 0.25) is 0 Å².